The number of rotatable bonds is 5. The third kappa shape index (κ3) is 8.64. The van der Waals surface area contributed by atoms with Crippen LogP contribution in [0.5, 0.6) is 0 Å². The van der Waals surface area contributed by atoms with Gasteiger partial charge in [-0.25, -0.2) is 0 Å². The summed E-state index contributed by atoms with van der Waals surface area (Å²) in [7, 11) is 0. The Morgan fingerprint density at radius 2 is 0.800 bits per heavy atom. The number of aryl methyl sites for hydroxylation is 3. The van der Waals surface area contributed by atoms with Crippen LogP contribution >= 0.6 is 0 Å². The fourth-order valence-electron chi connectivity index (χ4n) is 5.10. The van der Waals surface area contributed by atoms with Gasteiger partial charge in [-0.15, -0.1) is 0 Å². The largest absolute Gasteiger partial charge is 0.542 e. The number of aromatic carboxylic acids is 3. The van der Waals surface area contributed by atoms with Gasteiger partial charge in [0.1, 0.15) is 34.7 Å². The minimum atomic E-state index is -1.27. The molecule has 252 valence electrons. The zero-order chi connectivity index (χ0) is 36.6. The molecular weight excluding hydrogens is 743 g/mol. The molecule has 0 spiro atoms. The van der Waals surface area contributed by atoms with Crippen LogP contribution in [0.2, 0.25) is 4.44 Å². The molecule has 0 radical (unpaired) electrons. The summed E-state index contributed by atoms with van der Waals surface area (Å²) in [5.41, 5.74) is 5.44. The Morgan fingerprint density at radius 1 is 0.520 bits per heavy atom. The fraction of sp³-hybridized carbons (Fsp3) is 0.175. The van der Waals surface area contributed by atoms with Crippen LogP contribution in [0.25, 0.3) is 32.9 Å². The number of benzene rings is 4. The molecule has 0 saturated heterocycles. The summed E-state index contributed by atoms with van der Waals surface area (Å²) in [6.07, 6.45) is 0. The van der Waals surface area contributed by atoms with E-state index in [0.29, 0.717) is 38.9 Å². The first-order valence-corrected chi connectivity index (χ1v) is 17.6. The average molecular weight is 777 g/mol. The monoisotopic (exact) mass is 778 g/mol. The Balaban J connectivity index is 0.000000150. The van der Waals surface area contributed by atoms with Crippen molar-refractivity contribution in [3.63, 3.8) is 0 Å². The van der Waals surface area contributed by atoms with Crippen LogP contribution in [0, 0.1) is 20.8 Å². The van der Waals surface area contributed by atoms with Crippen molar-refractivity contribution in [3.05, 3.63) is 143 Å². The zero-order valence-corrected chi connectivity index (χ0v) is 31.1. The Hall–Kier alpha value is -5.29. The first-order chi connectivity index (χ1) is 23.8. The van der Waals surface area contributed by atoms with Crippen molar-refractivity contribution >= 4 is 73.3 Å². The van der Waals surface area contributed by atoms with Crippen LogP contribution in [0.15, 0.2) is 116 Å². The van der Waals surface area contributed by atoms with Gasteiger partial charge < -0.3 is 43.0 Å². The second-order valence-corrected chi connectivity index (χ2v) is 13.0. The van der Waals surface area contributed by atoms with Crippen LogP contribution < -0.4 is 15.3 Å². The molecule has 3 heterocycles. The fourth-order valence-corrected chi connectivity index (χ4v) is 5.68. The molecule has 0 N–H and O–H groups in total. The zero-order valence-electron chi connectivity index (χ0n) is 28.2. The number of carboxylic acids is 3. The molecule has 0 atom stereocenters. The molecule has 0 aliphatic heterocycles. The molecule has 0 unspecified atom stereocenters. The van der Waals surface area contributed by atoms with Crippen molar-refractivity contribution in [2.45, 2.75) is 44.5 Å². The maximum Gasteiger partial charge on any atom is 0.153 e. The maximum atomic E-state index is 10.6. The van der Waals surface area contributed by atoms with Gasteiger partial charge in [-0.3, -0.25) is 0 Å². The SMILES string of the molecule is CC(C)([CH2][Sn+3])c1ccccc1.Cc1c(C(=O)[O-])oc2ccccc12.Cc1c(C(=O)[O-])oc2ccccc12.Cc1c(C(=O)[O-])oc2ccccc12. The van der Waals surface area contributed by atoms with Gasteiger partial charge in [-0.2, -0.15) is 0 Å². The van der Waals surface area contributed by atoms with Crippen LogP contribution in [-0.4, -0.2) is 40.4 Å². The first kappa shape index (κ1) is 37.5. The number of furan rings is 3. The summed E-state index contributed by atoms with van der Waals surface area (Å²) in [4.78, 5) is 31.8. The van der Waals surface area contributed by atoms with Crippen molar-refractivity contribution in [1.29, 1.82) is 0 Å². The second-order valence-electron chi connectivity index (χ2n) is 11.9. The second kappa shape index (κ2) is 16.4. The molecular formula is C40H34O9Sn. The van der Waals surface area contributed by atoms with Gasteiger partial charge in [-0.05, 0) is 39.0 Å². The maximum absolute atomic E-state index is 10.6. The smallest absolute Gasteiger partial charge is 0.153 e. The van der Waals surface area contributed by atoms with E-state index in [1.54, 1.807) is 79.7 Å². The summed E-state index contributed by atoms with van der Waals surface area (Å²) >= 11 is 1.62. The predicted octanol–water partition coefficient (Wildman–Crippen LogP) is 5.87. The number of para-hydroxylation sites is 3. The molecule has 7 rings (SSSR count). The van der Waals surface area contributed by atoms with Crippen LogP contribution in [0.1, 0.15) is 67.8 Å². The Bertz CT molecular complexity index is 2040. The minimum absolute atomic E-state index is 0.0822. The van der Waals surface area contributed by atoms with Crippen molar-refractivity contribution in [2.75, 3.05) is 0 Å². The molecule has 50 heavy (non-hydrogen) atoms. The van der Waals surface area contributed by atoms with Crippen LogP contribution in [0.3, 0.4) is 0 Å². The average Bonchev–Trinajstić information content (AvgIpc) is 3.77. The van der Waals surface area contributed by atoms with Crippen LogP contribution in [-0.2, 0) is 5.41 Å². The van der Waals surface area contributed by atoms with E-state index in [4.69, 9.17) is 13.3 Å². The first-order valence-electron chi connectivity index (χ1n) is 15.5. The van der Waals surface area contributed by atoms with E-state index in [2.05, 4.69) is 44.2 Å². The van der Waals surface area contributed by atoms with Gasteiger partial charge in [0.2, 0.25) is 0 Å². The van der Waals surface area contributed by atoms with E-state index in [-0.39, 0.29) is 17.3 Å². The quantitative estimate of drug-likeness (QED) is 0.195. The summed E-state index contributed by atoms with van der Waals surface area (Å²) in [5, 5.41) is 34.2. The molecule has 0 aliphatic carbocycles. The molecule has 0 fully saturated rings. The summed E-state index contributed by atoms with van der Waals surface area (Å²) in [6.45, 7) is 9.72. The number of carboxylic acid groups (broad SMARTS) is 3. The molecule has 9 nitrogen and oxygen atoms in total. The number of hydrogen-bond acceptors (Lipinski definition) is 9. The molecule has 0 saturated carbocycles. The molecule has 10 heteroatoms. The Labute approximate surface area is 302 Å². The summed E-state index contributed by atoms with van der Waals surface area (Å²) in [5.74, 6) is -4.06. The van der Waals surface area contributed by atoms with Gasteiger partial charge in [0.25, 0.3) is 0 Å². The minimum Gasteiger partial charge on any atom is -0.542 e. The van der Waals surface area contributed by atoms with E-state index in [1.165, 1.54) is 10.0 Å². The number of fused-ring (bicyclic) bond motifs is 3. The Morgan fingerprint density at radius 3 is 1.06 bits per heavy atom. The standard InChI is InChI=1S/3C10H8O3.C10H13.Sn/c3*1-6-7-4-2-3-5-8(7)13-9(6)10(11)12;1-10(2,3)9-7-5-4-6-8-9;/h3*2-5H,1H3,(H,11,12);4-8H,1H2,2-3H3;/q;;;;+3/p-3. The topological polar surface area (TPSA) is 160 Å². The van der Waals surface area contributed by atoms with Crippen molar-refractivity contribution in [2.24, 2.45) is 0 Å². The number of hydrogen-bond donors (Lipinski definition) is 0. The van der Waals surface area contributed by atoms with Gasteiger partial charge >= 0.3 is 82.1 Å². The third-order valence-corrected chi connectivity index (χ3v) is 10.6. The summed E-state index contributed by atoms with van der Waals surface area (Å²) in [6, 6.07) is 32.3. The molecule has 7 aromatic rings. The van der Waals surface area contributed by atoms with Crippen molar-refractivity contribution < 1.29 is 43.0 Å². The van der Waals surface area contributed by atoms with E-state index in [1.807, 2.05) is 36.4 Å². The van der Waals surface area contributed by atoms with Gasteiger partial charge in [0.05, 0.1) is 0 Å². The van der Waals surface area contributed by atoms with E-state index in [0.717, 1.165) is 16.2 Å². The number of carbonyl (C=O) groups is 3. The third-order valence-electron chi connectivity index (χ3n) is 8.08. The van der Waals surface area contributed by atoms with Gasteiger partial charge in [-0.1, -0.05) is 54.6 Å². The molecule has 4 aromatic carbocycles. The van der Waals surface area contributed by atoms with Gasteiger partial charge in [0, 0.05) is 32.8 Å². The molecule has 0 bridgehead atoms. The van der Waals surface area contributed by atoms with E-state index < -0.39 is 17.9 Å². The molecule has 0 amide bonds. The van der Waals surface area contributed by atoms with E-state index >= 15 is 0 Å². The van der Waals surface area contributed by atoms with Gasteiger partial charge in [0.15, 0.2) is 17.3 Å². The Kier molecular flexibility index (Phi) is 12.3. The molecule has 0 aliphatic rings. The molecule has 3 aromatic heterocycles. The summed E-state index contributed by atoms with van der Waals surface area (Å²) < 4.78 is 16.6. The number of carbonyl (C=O) groups excluding carboxylic acids is 3. The van der Waals surface area contributed by atoms with Crippen molar-refractivity contribution in [1.82, 2.24) is 0 Å². The predicted molar refractivity (Wildman–Crippen MR) is 186 cm³/mol. The normalized spacial score (nSPS) is 10.8. The van der Waals surface area contributed by atoms with E-state index in [9.17, 15) is 29.7 Å². The van der Waals surface area contributed by atoms with Crippen molar-refractivity contribution in [3.8, 4) is 0 Å². The van der Waals surface area contributed by atoms with Crippen LogP contribution in [0.4, 0.5) is 0 Å².